The lowest BCUT2D eigenvalue weighted by Crippen LogP contribution is -2.66. The fourth-order valence-corrected chi connectivity index (χ4v) is 2.47. The average molecular weight is 333 g/mol. The molecule has 1 aliphatic rings. The minimum absolute atomic E-state index is 0.0857. The number of hydrogen-bond acceptors (Lipinski definition) is 8. The highest BCUT2D eigenvalue weighted by Crippen LogP contribution is 2.27. The molecule has 0 aliphatic carbocycles. The van der Waals surface area contributed by atoms with Gasteiger partial charge in [0.2, 0.25) is 12.2 Å². The Morgan fingerprint density at radius 3 is 2.04 bits per heavy atom. The third-order valence-electron chi connectivity index (χ3n) is 3.20. The average Bonchev–Trinajstić information content (AvgIpc) is 2.42. The Bertz CT molecular complexity index is 440. The van der Waals surface area contributed by atoms with E-state index in [1.807, 2.05) is 0 Å². The Morgan fingerprint density at radius 2 is 1.61 bits per heavy atom. The lowest BCUT2D eigenvalue weighted by atomic mass is 9.96. The highest BCUT2D eigenvalue weighted by Gasteiger charge is 2.50. The van der Waals surface area contributed by atoms with Gasteiger partial charge in [-0.2, -0.15) is 0 Å². The largest absolute Gasteiger partial charge is 0.457 e. The lowest BCUT2D eigenvalue weighted by molar-refractivity contribution is -0.271. The van der Waals surface area contributed by atoms with Crippen LogP contribution < -0.4 is 5.32 Å². The summed E-state index contributed by atoms with van der Waals surface area (Å²) in [5, 5.41) is 2.61. The summed E-state index contributed by atoms with van der Waals surface area (Å²) in [7, 11) is 2.85. The first kappa shape index (κ1) is 19.3. The molecule has 0 spiro atoms. The van der Waals surface area contributed by atoms with Gasteiger partial charge < -0.3 is 29.0 Å². The van der Waals surface area contributed by atoms with Gasteiger partial charge in [0.25, 0.3) is 0 Å². The van der Waals surface area contributed by atoms with Crippen LogP contribution in [0.25, 0.3) is 0 Å². The molecule has 0 unspecified atom stereocenters. The van der Waals surface area contributed by atoms with Gasteiger partial charge in [-0.1, -0.05) is 0 Å². The SMILES string of the molecule is COC[C@H]1O[C@H](OC(C)=O)[C@H](NC(C)=O)[C@@H](OC)[C@H]1OC(C)=O. The first-order valence-corrected chi connectivity index (χ1v) is 7.08. The molecule has 1 heterocycles. The summed E-state index contributed by atoms with van der Waals surface area (Å²) < 4.78 is 26.5. The van der Waals surface area contributed by atoms with Crippen molar-refractivity contribution < 1.29 is 38.1 Å². The second-order valence-corrected chi connectivity index (χ2v) is 5.11. The molecule has 9 nitrogen and oxygen atoms in total. The van der Waals surface area contributed by atoms with Crippen molar-refractivity contribution in [2.45, 2.75) is 51.4 Å². The van der Waals surface area contributed by atoms with E-state index in [-0.39, 0.29) is 12.5 Å². The zero-order valence-electron chi connectivity index (χ0n) is 13.9. The molecule has 0 saturated carbocycles. The number of esters is 2. The molecule has 0 aromatic rings. The van der Waals surface area contributed by atoms with Crippen LogP contribution in [0, 0.1) is 0 Å². The van der Waals surface area contributed by atoms with Gasteiger partial charge in [0.1, 0.15) is 18.2 Å². The molecule has 0 bridgehead atoms. The number of rotatable bonds is 6. The molecular weight excluding hydrogens is 310 g/mol. The molecule has 1 rings (SSSR count). The standard InChI is InChI=1S/C14H23NO8/c1-7(16)15-11-13(20-5)12(21-8(2)17)10(6-19-4)23-14(11)22-9(3)18/h10-14H,6H2,1-5H3,(H,15,16)/t10-,11-,12+,13-,14+/m1/s1. The van der Waals surface area contributed by atoms with Crippen LogP contribution in [-0.4, -0.2) is 69.3 Å². The zero-order valence-corrected chi connectivity index (χ0v) is 13.9. The molecule has 132 valence electrons. The van der Waals surface area contributed by atoms with Gasteiger partial charge in [0, 0.05) is 35.0 Å². The van der Waals surface area contributed by atoms with Gasteiger partial charge >= 0.3 is 11.9 Å². The van der Waals surface area contributed by atoms with Crippen LogP contribution in [-0.2, 0) is 38.1 Å². The third kappa shape index (κ3) is 5.45. The predicted molar refractivity (Wildman–Crippen MR) is 76.3 cm³/mol. The molecule has 23 heavy (non-hydrogen) atoms. The van der Waals surface area contributed by atoms with Crippen LogP contribution in [0.2, 0.25) is 0 Å². The topological polar surface area (TPSA) is 109 Å². The van der Waals surface area contributed by atoms with E-state index in [4.69, 9.17) is 23.7 Å². The van der Waals surface area contributed by atoms with Crippen molar-refractivity contribution in [3.63, 3.8) is 0 Å². The highest BCUT2D eigenvalue weighted by atomic mass is 16.7. The van der Waals surface area contributed by atoms with Crippen molar-refractivity contribution in [1.82, 2.24) is 5.32 Å². The molecular formula is C14H23NO8. The molecule has 0 aromatic carbocycles. The number of nitrogens with one attached hydrogen (secondary N) is 1. The maximum Gasteiger partial charge on any atom is 0.305 e. The van der Waals surface area contributed by atoms with Crippen molar-refractivity contribution >= 4 is 17.8 Å². The fraction of sp³-hybridized carbons (Fsp3) is 0.786. The molecule has 0 radical (unpaired) electrons. The molecule has 1 amide bonds. The number of hydrogen-bond donors (Lipinski definition) is 1. The molecule has 9 heteroatoms. The quantitative estimate of drug-likeness (QED) is 0.640. The molecule has 1 fully saturated rings. The van der Waals surface area contributed by atoms with E-state index in [9.17, 15) is 14.4 Å². The Kier molecular flexibility index (Phi) is 7.40. The van der Waals surface area contributed by atoms with E-state index < -0.39 is 42.6 Å². The summed E-state index contributed by atoms with van der Waals surface area (Å²) in [6, 6.07) is -0.834. The Labute approximate surface area is 134 Å². The second kappa shape index (κ2) is 8.80. The van der Waals surface area contributed by atoms with Crippen molar-refractivity contribution in [1.29, 1.82) is 0 Å². The lowest BCUT2D eigenvalue weighted by Gasteiger charge is -2.44. The first-order valence-electron chi connectivity index (χ1n) is 7.08. The number of amides is 1. The normalized spacial score (nSPS) is 30.4. The van der Waals surface area contributed by atoms with Gasteiger partial charge in [-0.15, -0.1) is 0 Å². The van der Waals surface area contributed by atoms with Crippen LogP contribution in [0.3, 0.4) is 0 Å². The Balaban J connectivity index is 3.12. The first-order chi connectivity index (χ1) is 10.8. The fourth-order valence-electron chi connectivity index (χ4n) is 2.47. The van der Waals surface area contributed by atoms with Gasteiger partial charge in [0.15, 0.2) is 6.10 Å². The third-order valence-corrected chi connectivity index (χ3v) is 3.20. The minimum Gasteiger partial charge on any atom is -0.457 e. The summed E-state index contributed by atoms with van der Waals surface area (Å²) in [4.78, 5) is 34.1. The molecule has 5 atom stereocenters. The van der Waals surface area contributed by atoms with Gasteiger partial charge in [0.05, 0.1) is 6.61 Å². The molecule has 0 aromatic heterocycles. The Morgan fingerprint density at radius 1 is 1.00 bits per heavy atom. The van der Waals surface area contributed by atoms with Crippen LogP contribution in [0.1, 0.15) is 20.8 Å². The van der Waals surface area contributed by atoms with Crippen LogP contribution in [0.4, 0.5) is 0 Å². The number of ether oxygens (including phenoxy) is 5. The van der Waals surface area contributed by atoms with Crippen LogP contribution in [0.5, 0.6) is 0 Å². The van der Waals surface area contributed by atoms with Crippen LogP contribution >= 0.6 is 0 Å². The molecule has 1 N–H and O–H groups in total. The number of carbonyl (C=O) groups is 3. The Hall–Kier alpha value is -1.71. The van der Waals surface area contributed by atoms with Gasteiger partial charge in [-0.25, -0.2) is 0 Å². The van der Waals surface area contributed by atoms with E-state index in [0.29, 0.717) is 0 Å². The zero-order chi connectivity index (χ0) is 17.6. The predicted octanol–water partition coefficient (Wildman–Crippen LogP) is -0.628. The smallest absolute Gasteiger partial charge is 0.305 e. The van der Waals surface area contributed by atoms with Crippen LogP contribution in [0.15, 0.2) is 0 Å². The number of carbonyl (C=O) groups excluding carboxylic acids is 3. The van der Waals surface area contributed by atoms with Gasteiger partial charge in [-0.3, -0.25) is 14.4 Å². The number of methoxy groups -OCH3 is 2. The van der Waals surface area contributed by atoms with Crippen molar-refractivity contribution in [2.75, 3.05) is 20.8 Å². The molecule has 1 aliphatic heterocycles. The van der Waals surface area contributed by atoms with E-state index >= 15 is 0 Å². The maximum atomic E-state index is 11.4. The summed E-state index contributed by atoms with van der Waals surface area (Å²) in [6.45, 7) is 3.86. The van der Waals surface area contributed by atoms with Crippen molar-refractivity contribution in [3.05, 3.63) is 0 Å². The maximum absolute atomic E-state index is 11.4. The molecule has 1 saturated heterocycles. The van der Waals surface area contributed by atoms with E-state index in [1.54, 1.807) is 0 Å². The van der Waals surface area contributed by atoms with Crippen molar-refractivity contribution in [2.24, 2.45) is 0 Å². The highest BCUT2D eigenvalue weighted by molar-refractivity contribution is 5.73. The van der Waals surface area contributed by atoms with Gasteiger partial charge in [-0.05, 0) is 0 Å². The summed E-state index contributed by atoms with van der Waals surface area (Å²) in [5.41, 5.74) is 0. The monoisotopic (exact) mass is 333 g/mol. The summed E-state index contributed by atoms with van der Waals surface area (Å²) in [6.07, 6.45) is -3.42. The van der Waals surface area contributed by atoms with Crippen molar-refractivity contribution in [3.8, 4) is 0 Å². The summed E-state index contributed by atoms with van der Waals surface area (Å²) >= 11 is 0. The van der Waals surface area contributed by atoms with E-state index in [2.05, 4.69) is 5.32 Å². The second-order valence-electron chi connectivity index (χ2n) is 5.11. The van der Waals surface area contributed by atoms with E-state index in [1.165, 1.54) is 35.0 Å². The minimum atomic E-state index is -1.09. The summed E-state index contributed by atoms with van der Waals surface area (Å²) in [5.74, 6) is -1.49. The van der Waals surface area contributed by atoms with E-state index in [0.717, 1.165) is 0 Å².